The third-order valence-electron chi connectivity index (χ3n) is 2.66. The van der Waals surface area contributed by atoms with Crippen LogP contribution in [0, 0.1) is 11.3 Å². The monoisotopic (exact) mass is 260 g/mol. The van der Waals surface area contributed by atoms with Crippen LogP contribution in [-0.4, -0.2) is 14.8 Å². The van der Waals surface area contributed by atoms with Gasteiger partial charge >= 0.3 is 0 Å². The van der Waals surface area contributed by atoms with E-state index < -0.39 is 0 Å². The molecule has 5 heteroatoms. The fraction of sp³-hybridized carbons (Fsp3) is 0.308. The molecule has 0 bridgehead atoms. The number of nitrogens with zero attached hydrogens (tertiary/aromatic N) is 4. The minimum Gasteiger partial charge on any atom is -0.216 e. The minimum absolute atomic E-state index is 0.510. The van der Waals surface area contributed by atoms with E-state index in [-0.39, 0.29) is 0 Å². The smallest absolute Gasteiger partial charge is 0.151 e. The highest BCUT2D eigenvalue weighted by atomic mass is 35.5. The van der Waals surface area contributed by atoms with E-state index in [4.69, 9.17) is 16.9 Å². The fourth-order valence-electron chi connectivity index (χ4n) is 1.71. The molecule has 0 saturated carbocycles. The molecular formula is C13H13ClN4. The topological polar surface area (TPSA) is 54.5 Å². The van der Waals surface area contributed by atoms with Gasteiger partial charge in [0.1, 0.15) is 5.82 Å². The molecule has 1 aromatic heterocycles. The second-order valence-corrected chi connectivity index (χ2v) is 4.25. The number of hydrogen-bond donors (Lipinski definition) is 0. The van der Waals surface area contributed by atoms with Gasteiger partial charge in [-0.1, -0.05) is 25.4 Å². The molecule has 0 N–H and O–H groups in total. The summed E-state index contributed by atoms with van der Waals surface area (Å²) in [5.74, 6) is 1.67. The summed E-state index contributed by atoms with van der Waals surface area (Å²) >= 11 is 6.18. The Bertz CT molecular complexity index is 610. The molecule has 0 fully saturated rings. The second-order valence-electron chi connectivity index (χ2n) is 3.84. The highest BCUT2D eigenvalue weighted by molar-refractivity contribution is 6.32. The molecule has 0 radical (unpaired) electrons. The highest BCUT2D eigenvalue weighted by Gasteiger charge is 2.12. The van der Waals surface area contributed by atoms with Gasteiger partial charge < -0.3 is 0 Å². The second kappa shape index (κ2) is 5.19. The summed E-state index contributed by atoms with van der Waals surface area (Å²) in [7, 11) is 0. The summed E-state index contributed by atoms with van der Waals surface area (Å²) in [6.45, 7) is 4.04. The molecule has 0 spiro atoms. The summed E-state index contributed by atoms with van der Waals surface area (Å²) in [4.78, 5) is 4.44. The SMILES string of the molecule is CCc1nc(CC)n(-c2ccc(C#N)cc2Cl)n1. The van der Waals surface area contributed by atoms with Crippen LogP contribution in [0.15, 0.2) is 18.2 Å². The van der Waals surface area contributed by atoms with Gasteiger partial charge in [-0.3, -0.25) is 0 Å². The lowest BCUT2D eigenvalue weighted by molar-refractivity contribution is 0.791. The van der Waals surface area contributed by atoms with Crippen molar-refractivity contribution in [2.75, 3.05) is 0 Å². The van der Waals surface area contributed by atoms with Gasteiger partial charge in [0.15, 0.2) is 5.82 Å². The van der Waals surface area contributed by atoms with Crippen molar-refractivity contribution in [2.45, 2.75) is 26.7 Å². The quantitative estimate of drug-likeness (QED) is 0.853. The molecule has 0 amide bonds. The zero-order chi connectivity index (χ0) is 13.1. The van der Waals surface area contributed by atoms with Gasteiger partial charge in [-0.15, -0.1) is 0 Å². The molecule has 0 atom stereocenters. The molecule has 4 nitrogen and oxygen atoms in total. The molecule has 1 heterocycles. The van der Waals surface area contributed by atoms with E-state index in [1.807, 2.05) is 13.8 Å². The Morgan fingerprint density at radius 1 is 1.33 bits per heavy atom. The van der Waals surface area contributed by atoms with Crippen molar-refractivity contribution in [3.63, 3.8) is 0 Å². The van der Waals surface area contributed by atoms with Crippen LogP contribution in [0.5, 0.6) is 0 Å². The van der Waals surface area contributed by atoms with Crippen LogP contribution in [0.3, 0.4) is 0 Å². The van der Waals surface area contributed by atoms with Gasteiger partial charge in [0.25, 0.3) is 0 Å². The number of nitriles is 1. The van der Waals surface area contributed by atoms with E-state index in [2.05, 4.69) is 16.2 Å². The molecule has 0 aliphatic rings. The van der Waals surface area contributed by atoms with Crippen molar-refractivity contribution in [1.82, 2.24) is 14.8 Å². The number of aromatic nitrogens is 3. The number of benzene rings is 1. The van der Waals surface area contributed by atoms with Crippen LogP contribution in [0.2, 0.25) is 5.02 Å². The first-order chi connectivity index (χ1) is 8.69. The molecular weight excluding hydrogens is 248 g/mol. The van der Waals surface area contributed by atoms with Gasteiger partial charge in [0, 0.05) is 12.8 Å². The Hall–Kier alpha value is -1.86. The van der Waals surface area contributed by atoms with E-state index in [1.54, 1.807) is 22.9 Å². The Morgan fingerprint density at radius 2 is 2.11 bits per heavy atom. The van der Waals surface area contributed by atoms with Crippen LogP contribution in [0.4, 0.5) is 0 Å². The Morgan fingerprint density at radius 3 is 2.67 bits per heavy atom. The van der Waals surface area contributed by atoms with Crippen molar-refractivity contribution < 1.29 is 0 Å². The predicted octanol–water partition coefficient (Wildman–Crippen LogP) is 2.92. The van der Waals surface area contributed by atoms with Gasteiger partial charge in [0.05, 0.1) is 22.3 Å². The van der Waals surface area contributed by atoms with Crippen molar-refractivity contribution in [3.8, 4) is 11.8 Å². The highest BCUT2D eigenvalue weighted by Crippen LogP contribution is 2.22. The molecule has 2 aromatic rings. The zero-order valence-corrected chi connectivity index (χ0v) is 11.1. The molecule has 0 saturated heterocycles. The largest absolute Gasteiger partial charge is 0.216 e. The first-order valence-electron chi connectivity index (χ1n) is 5.84. The van der Waals surface area contributed by atoms with Crippen LogP contribution in [0.25, 0.3) is 5.69 Å². The minimum atomic E-state index is 0.510. The lowest BCUT2D eigenvalue weighted by atomic mass is 10.2. The maximum absolute atomic E-state index is 8.82. The standard InChI is InChI=1S/C13H13ClN4/c1-3-12-16-13(4-2)18(17-12)11-6-5-9(8-15)7-10(11)14/h5-7H,3-4H2,1-2H3. The van der Waals surface area contributed by atoms with Crippen LogP contribution in [-0.2, 0) is 12.8 Å². The number of rotatable bonds is 3. The van der Waals surface area contributed by atoms with Gasteiger partial charge in [0.2, 0.25) is 0 Å². The van der Waals surface area contributed by atoms with Crippen LogP contribution in [0.1, 0.15) is 31.1 Å². The van der Waals surface area contributed by atoms with E-state index >= 15 is 0 Å². The van der Waals surface area contributed by atoms with Crippen molar-refractivity contribution in [3.05, 3.63) is 40.4 Å². The predicted molar refractivity (Wildman–Crippen MR) is 69.8 cm³/mol. The van der Waals surface area contributed by atoms with Crippen molar-refractivity contribution in [1.29, 1.82) is 5.26 Å². The number of halogens is 1. The average Bonchev–Trinajstić information content (AvgIpc) is 2.81. The Kier molecular flexibility index (Phi) is 3.63. The fourth-order valence-corrected chi connectivity index (χ4v) is 1.97. The van der Waals surface area contributed by atoms with Gasteiger partial charge in [-0.25, -0.2) is 9.67 Å². The lowest BCUT2D eigenvalue weighted by Gasteiger charge is -2.06. The maximum atomic E-state index is 8.82. The Balaban J connectivity index is 2.54. The van der Waals surface area contributed by atoms with E-state index in [9.17, 15) is 0 Å². The van der Waals surface area contributed by atoms with E-state index in [0.717, 1.165) is 30.2 Å². The zero-order valence-electron chi connectivity index (χ0n) is 10.3. The summed E-state index contributed by atoms with van der Waals surface area (Å²) in [5.41, 5.74) is 1.30. The van der Waals surface area contributed by atoms with Crippen molar-refractivity contribution >= 4 is 11.6 Å². The molecule has 2 rings (SSSR count). The van der Waals surface area contributed by atoms with Gasteiger partial charge in [-0.2, -0.15) is 10.4 Å². The molecule has 0 unspecified atom stereocenters. The summed E-state index contributed by atoms with van der Waals surface area (Å²) in [6, 6.07) is 7.23. The first kappa shape index (κ1) is 12.6. The molecule has 18 heavy (non-hydrogen) atoms. The normalized spacial score (nSPS) is 10.3. The summed E-state index contributed by atoms with van der Waals surface area (Å²) < 4.78 is 1.75. The molecule has 1 aromatic carbocycles. The molecule has 0 aliphatic heterocycles. The maximum Gasteiger partial charge on any atom is 0.151 e. The molecule has 0 aliphatic carbocycles. The average molecular weight is 261 g/mol. The van der Waals surface area contributed by atoms with E-state index in [1.165, 1.54) is 0 Å². The Labute approximate surface area is 111 Å². The van der Waals surface area contributed by atoms with Crippen molar-refractivity contribution in [2.24, 2.45) is 0 Å². The summed E-state index contributed by atoms with van der Waals surface area (Å²) in [5, 5.41) is 13.8. The summed E-state index contributed by atoms with van der Waals surface area (Å²) in [6.07, 6.45) is 1.57. The third kappa shape index (κ3) is 2.22. The molecule has 92 valence electrons. The lowest BCUT2D eigenvalue weighted by Crippen LogP contribution is -2.03. The first-order valence-corrected chi connectivity index (χ1v) is 6.22. The van der Waals surface area contributed by atoms with Crippen LogP contribution < -0.4 is 0 Å². The number of hydrogen-bond acceptors (Lipinski definition) is 3. The van der Waals surface area contributed by atoms with Crippen LogP contribution >= 0.6 is 11.6 Å². The van der Waals surface area contributed by atoms with E-state index in [0.29, 0.717) is 10.6 Å². The number of aryl methyl sites for hydroxylation is 2. The third-order valence-corrected chi connectivity index (χ3v) is 2.96. The van der Waals surface area contributed by atoms with Gasteiger partial charge in [-0.05, 0) is 18.2 Å².